The van der Waals surface area contributed by atoms with Gasteiger partial charge >= 0.3 is 5.97 Å². The summed E-state index contributed by atoms with van der Waals surface area (Å²) < 4.78 is 6.74. The Labute approximate surface area is 169 Å². The lowest BCUT2D eigenvalue weighted by Gasteiger charge is -2.56. The summed E-state index contributed by atoms with van der Waals surface area (Å²) in [7, 11) is 0. The highest BCUT2D eigenvalue weighted by Crippen LogP contribution is 2.60. The second-order valence-electron chi connectivity index (χ2n) is 9.39. The minimum atomic E-state index is -0.775. The van der Waals surface area contributed by atoms with Gasteiger partial charge in [0.25, 0.3) is 5.56 Å². The van der Waals surface area contributed by atoms with Crippen LogP contribution in [0.5, 0.6) is 0 Å². The van der Waals surface area contributed by atoms with Crippen LogP contribution in [-0.4, -0.2) is 27.4 Å². The molecule has 6 nitrogen and oxygen atoms in total. The number of carbonyl (C=O) groups is 2. The first-order valence-electron chi connectivity index (χ1n) is 10.6. The lowest BCUT2D eigenvalue weighted by molar-refractivity contribution is -0.165. The molecule has 0 amide bonds. The first-order chi connectivity index (χ1) is 13.9. The molecule has 4 bridgehead atoms. The maximum Gasteiger partial charge on any atom is 0.326 e. The lowest BCUT2D eigenvalue weighted by atomic mass is 9.48. The molecule has 0 aliphatic heterocycles. The molecule has 0 spiro atoms. The minimum Gasteiger partial charge on any atom is -0.453 e. The van der Waals surface area contributed by atoms with Gasteiger partial charge in [-0.3, -0.25) is 19.0 Å². The zero-order chi connectivity index (χ0) is 20.2. The van der Waals surface area contributed by atoms with Gasteiger partial charge in [0.15, 0.2) is 11.9 Å². The summed E-state index contributed by atoms with van der Waals surface area (Å²) in [5.41, 5.74) is 0.00980. The molecule has 0 N–H and O–H groups in total. The molecule has 0 radical (unpaired) electrons. The van der Waals surface area contributed by atoms with Gasteiger partial charge < -0.3 is 4.74 Å². The second-order valence-corrected chi connectivity index (χ2v) is 9.39. The van der Waals surface area contributed by atoms with E-state index in [0.29, 0.717) is 28.7 Å². The van der Waals surface area contributed by atoms with Crippen molar-refractivity contribution in [2.75, 3.05) is 0 Å². The Bertz CT molecular complexity index is 1010. The molecule has 1 aromatic carbocycles. The van der Waals surface area contributed by atoms with E-state index in [1.165, 1.54) is 30.2 Å². The molecule has 1 aromatic heterocycles. The van der Waals surface area contributed by atoms with Gasteiger partial charge in [0, 0.05) is 5.41 Å². The van der Waals surface area contributed by atoms with E-state index in [1.54, 1.807) is 25.1 Å². The van der Waals surface area contributed by atoms with E-state index in [9.17, 15) is 14.4 Å². The average Bonchev–Trinajstić information content (AvgIpc) is 2.68. The first kappa shape index (κ1) is 18.5. The number of aromatic nitrogens is 2. The Morgan fingerprint density at radius 1 is 1.14 bits per heavy atom. The highest BCUT2D eigenvalue weighted by atomic mass is 16.5. The van der Waals surface area contributed by atoms with Gasteiger partial charge in [-0.1, -0.05) is 12.1 Å². The molecule has 0 saturated heterocycles. The van der Waals surface area contributed by atoms with E-state index >= 15 is 0 Å². The van der Waals surface area contributed by atoms with Crippen LogP contribution >= 0.6 is 0 Å². The number of ketones is 1. The van der Waals surface area contributed by atoms with Crippen LogP contribution in [0, 0.1) is 23.2 Å². The van der Waals surface area contributed by atoms with E-state index in [2.05, 4.69) is 4.98 Å². The van der Waals surface area contributed by atoms with Crippen molar-refractivity contribution in [3.8, 4) is 0 Å². The molecule has 1 heterocycles. The monoisotopic (exact) mass is 394 g/mol. The summed E-state index contributed by atoms with van der Waals surface area (Å²) in [6.07, 6.45) is 7.23. The van der Waals surface area contributed by atoms with Crippen molar-refractivity contribution < 1.29 is 14.3 Å². The first-order valence-corrected chi connectivity index (χ1v) is 10.6. The Morgan fingerprint density at radius 2 is 1.76 bits per heavy atom. The van der Waals surface area contributed by atoms with Crippen LogP contribution in [0.2, 0.25) is 0 Å². The van der Waals surface area contributed by atoms with E-state index in [1.807, 2.05) is 6.07 Å². The molecular formula is C23H26N2O4. The van der Waals surface area contributed by atoms with Gasteiger partial charge in [-0.25, -0.2) is 4.98 Å². The van der Waals surface area contributed by atoms with Crippen molar-refractivity contribution in [2.24, 2.45) is 23.2 Å². The van der Waals surface area contributed by atoms with Crippen molar-refractivity contribution in [2.45, 2.75) is 58.1 Å². The predicted octanol–water partition coefficient (Wildman–Crippen LogP) is 3.11. The van der Waals surface area contributed by atoms with Gasteiger partial charge in [-0.2, -0.15) is 0 Å². The van der Waals surface area contributed by atoms with E-state index in [4.69, 9.17) is 4.74 Å². The number of hydrogen-bond acceptors (Lipinski definition) is 5. The summed E-state index contributed by atoms with van der Waals surface area (Å²) >= 11 is 0. The number of rotatable bonds is 5. The molecular weight excluding hydrogens is 368 g/mol. The van der Waals surface area contributed by atoms with Gasteiger partial charge in [0.1, 0.15) is 6.54 Å². The number of ether oxygens (including phenoxy) is 1. The van der Waals surface area contributed by atoms with E-state index < -0.39 is 12.1 Å². The van der Waals surface area contributed by atoms with Crippen LogP contribution in [0.15, 0.2) is 35.4 Å². The maximum absolute atomic E-state index is 13.3. The summed E-state index contributed by atoms with van der Waals surface area (Å²) in [6.45, 7) is 1.44. The number of Topliss-reactive ketones (excluding diaryl/α,β-unsaturated/α-hetero) is 1. The number of benzene rings is 1. The number of esters is 1. The number of fused-ring (bicyclic) bond motifs is 1. The van der Waals surface area contributed by atoms with Crippen LogP contribution in [0.1, 0.15) is 45.4 Å². The third kappa shape index (κ3) is 3.18. The van der Waals surface area contributed by atoms with Crippen LogP contribution in [-0.2, 0) is 20.9 Å². The highest BCUT2D eigenvalue weighted by Gasteiger charge is 2.55. The smallest absolute Gasteiger partial charge is 0.326 e. The zero-order valence-corrected chi connectivity index (χ0v) is 16.7. The molecule has 29 heavy (non-hydrogen) atoms. The van der Waals surface area contributed by atoms with Gasteiger partial charge in [0.05, 0.1) is 17.2 Å². The quantitative estimate of drug-likeness (QED) is 0.728. The van der Waals surface area contributed by atoms with Gasteiger partial charge in [0.2, 0.25) is 0 Å². The maximum atomic E-state index is 13.3. The molecule has 4 saturated carbocycles. The molecule has 152 valence electrons. The zero-order valence-electron chi connectivity index (χ0n) is 16.7. The Balaban J connectivity index is 1.28. The summed E-state index contributed by atoms with van der Waals surface area (Å²) in [4.78, 5) is 42.5. The highest BCUT2D eigenvalue weighted by molar-refractivity contribution is 5.90. The third-order valence-corrected chi connectivity index (χ3v) is 7.27. The van der Waals surface area contributed by atoms with Crippen molar-refractivity contribution in [3.63, 3.8) is 0 Å². The van der Waals surface area contributed by atoms with Crippen LogP contribution in [0.25, 0.3) is 10.9 Å². The van der Waals surface area contributed by atoms with Crippen molar-refractivity contribution in [1.82, 2.24) is 9.55 Å². The van der Waals surface area contributed by atoms with Gasteiger partial charge in [-0.05, 0) is 75.3 Å². The van der Waals surface area contributed by atoms with Crippen molar-refractivity contribution in [1.29, 1.82) is 0 Å². The topological polar surface area (TPSA) is 78.3 Å². The molecule has 6 heteroatoms. The van der Waals surface area contributed by atoms with E-state index in [-0.39, 0.29) is 23.3 Å². The van der Waals surface area contributed by atoms with Crippen molar-refractivity contribution in [3.05, 3.63) is 40.9 Å². The molecule has 6 rings (SSSR count). The minimum absolute atomic E-state index is 0.0777. The SMILES string of the molecule is CC(OC(=O)Cn1cnc2ccccc2c1=O)C(=O)C12CC3CC(CC(C3)C1)C2. The number of para-hydroxylation sites is 1. The fourth-order valence-electron chi connectivity index (χ4n) is 6.49. The fraction of sp³-hybridized carbons (Fsp3) is 0.565. The molecule has 1 atom stereocenters. The largest absolute Gasteiger partial charge is 0.453 e. The van der Waals surface area contributed by atoms with Crippen molar-refractivity contribution >= 4 is 22.7 Å². The number of hydrogen-bond donors (Lipinski definition) is 0. The summed E-state index contributed by atoms with van der Waals surface area (Å²) in [5.74, 6) is 1.49. The summed E-state index contributed by atoms with van der Waals surface area (Å²) in [5, 5.41) is 0.459. The Kier molecular flexibility index (Phi) is 4.33. The predicted molar refractivity (Wildman–Crippen MR) is 107 cm³/mol. The second kappa shape index (κ2) is 6.78. The lowest BCUT2D eigenvalue weighted by Crippen LogP contribution is -2.52. The molecule has 1 unspecified atom stereocenters. The molecule has 4 aliphatic rings. The Morgan fingerprint density at radius 3 is 2.41 bits per heavy atom. The van der Waals surface area contributed by atoms with Crippen LogP contribution in [0.4, 0.5) is 0 Å². The standard InChI is InChI=1S/C23H26N2O4/c1-14(21(27)23-9-15-6-16(10-23)8-17(7-15)11-23)29-20(26)12-25-13-24-19-5-3-2-4-18(19)22(25)28/h2-5,13-17H,6-12H2,1H3. The van der Waals surface area contributed by atoms with Crippen LogP contribution < -0.4 is 5.56 Å². The Hall–Kier alpha value is -2.50. The fourth-order valence-corrected chi connectivity index (χ4v) is 6.49. The van der Waals surface area contributed by atoms with Gasteiger partial charge in [-0.15, -0.1) is 0 Å². The number of nitrogens with zero attached hydrogens (tertiary/aromatic N) is 2. The normalized spacial score (nSPS) is 31.0. The van der Waals surface area contributed by atoms with E-state index in [0.717, 1.165) is 19.3 Å². The third-order valence-electron chi connectivity index (χ3n) is 7.27. The molecule has 4 fully saturated rings. The average molecular weight is 394 g/mol. The number of carbonyl (C=O) groups excluding carboxylic acids is 2. The molecule has 4 aliphatic carbocycles. The van der Waals surface area contributed by atoms with Crippen LogP contribution in [0.3, 0.4) is 0 Å². The summed E-state index contributed by atoms with van der Waals surface area (Å²) in [6, 6.07) is 7.02. The molecule has 2 aromatic rings.